The number of fused-ring (bicyclic) bond motifs is 13. The molecule has 0 saturated heterocycles. The summed E-state index contributed by atoms with van der Waals surface area (Å²) < 4.78 is 9.25. The van der Waals surface area contributed by atoms with Gasteiger partial charge in [0.15, 0.2) is 10.9 Å². The van der Waals surface area contributed by atoms with Crippen LogP contribution in [0.1, 0.15) is 66.8 Å². The third kappa shape index (κ3) is 5.88. The standard InChI is InChI=1S/C68H56N4O2/c1-33-17-39(7)60-48(23-33)49-24-34(2)18-40(8)61(49)69(60)45-13-15-58-54(29-45)67(73)56-31-47(71-64-43(11)21-37(5)27-52(64)53-28-38(6)22-44(12)65(53)71)32-57-66(56)72(58)59-16-14-46(30-55(59)68(57)74)70-62-41(9)19-35(3)25-50(62)51-26-36(4)20-42(10)63(51)70/h13-32H,1-12H3. The summed E-state index contributed by atoms with van der Waals surface area (Å²) >= 11 is 0. The molecule has 0 spiro atoms. The summed E-state index contributed by atoms with van der Waals surface area (Å²) in [6.45, 7) is 26.1. The third-order valence-electron chi connectivity index (χ3n) is 16.4. The van der Waals surface area contributed by atoms with Crippen molar-refractivity contribution >= 4 is 104 Å². The van der Waals surface area contributed by atoms with Gasteiger partial charge in [-0.1, -0.05) is 69.8 Å². The maximum Gasteiger partial charge on any atom is 0.197 e. The monoisotopic (exact) mass is 960 g/mol. The van der Waals surface area contributed by atoms with E-state index in [0.717, 1.165) is 83.1 Å². The van der Waals surface area contributed by atoms with Crippen LogP contribution < -0.4 is 10.9 Å². The zero-order chi connectivity index (χ0) is 51.2. The van der Waals surface area contributed by atoms with Gasteiger partial charge in [0, 0.05) is 70.9 Å². The van der Waals surface area contributed by atoms with Crippen molar-refractivity contribution in [3.05, 3.63) is 209 Å². The quantitative estimate of drug-likeness (QED) is 0.131. The van der Waals surface area contributed by atoms with E-state index in [9.17, 15) is 0 Å². The zero-order valence-corrected chi connectivity index (χ0v) is 44.2. The second kappa shape index (κ2) is 15.0. The molecule has 74 heavy (non-hydrogen) atoms. The van der Waals surface area contributed by atoms with Crippen LogP contribution in [0.5, 0.6) is 0 Å². The van der Waals surface area contributed by atoms with Crippen molar-refractivity contribution in [2.45, 2.75) is 83.1 Å². The number of nitrogens with zero attached hydrogens (tertiary/aromatic N) is 4. The highest BCUT2D eigenvalue weighted by Gasteiger charge is 2.25. The highest BCUT2D eigenvalue weighted by Crippen LogP contribution is 2.42. The van der Waals surface area contributed by atoms with Crippen molar-refractivity contribution < 1.29 is 0 Å². The second-order valence-electron chi connectivity index (χ2n) is 22.2. The molecule has 0 amide bonds. The van der Waals surface area contributed by atoms with Crippen LogP contribution in [0.15, 0.2) is 131 Å². The van der Waals surface area contributed by atoms with Crippen LogP contribution >= 0.6 is 0 Å². The molecular weight excluding hydrogens is 905 g/mol. The van der Waals surface area contributed by atoms with Gasteiger partial charge in [-0.05, 0) is 201 Å². The smallest absolute Gasteiger partial charge is 0.197 e. The van der Waals surface area contributed by atoms with Crippen molar-refractivity contribution in [1.82, 2.24) is 18.1 Å². The summed E-state index contributed by atoms with van der Waals surface area (Å²) in [5, 5.41) is 9.32. The first-order chi connectivity index (χ1) is 35.4. The summed E-state index contributed by atoms with van der Waals surface area (Å²) in [5.41, 5.74) is 25.5. The zero-order valence-electron chi connectivity index (χ0n) is 44.2. The van der Waals surface area contributed by atoms with Crippen LogP contribution in [0.2, 0.25) is 0 Å². The first kappa shape index (κ1) is 44.2. The Kier molecular flexibility index (Phi) is 9.00. The molecule has 5 heterocycles. The topological polar surface area (TPSA) is 53.3 Å². The molecule has 6 heteroatoms. The van der Waals surface area contributed by atoms with Crippen molar-refractivity contribution in [1.29, 1.82) is 0 Å². The minimum Gasteiger partial charge on any atom is -0.309 e. The fraction of sp³-hybridized carbons (Fsp3) is 0.176. The lowest BCUT2D eigenvalue weighted by atomic mass is 10.0. The molecule has 14 aromatic rings. The summed E-state index contributed by atoms with van der Waals surface area (Å²) in [6, 6.07) is 44.1. The number of aryl methyl sites for hydroxylation is 12. The molecule has 0 aliphatic rings. The van der Waals surface area contributed by atoms with Gasteiger partial charge in [0.25, 0.3) is 0 Å². The number of hydrogen-bond acceptors (Lipinski definition) is 2. The van der Waals surface area contributed by atoms with E-state index in [1.165, 1.54) is 77.2 Å². The van der Waals surface area contributed by atoms with E-state index in [1.807, 2.05) is 0 Å². The first-order valence-electron chi connectivity index (χ1n) is 25.9. The van der Waals surface area contributed by atoms with E-state index in [4.69, 9.17) is 0 Å². The van der Waals surface area contributed by atoms with Crippen LogP contribution in [0.25, 0.3) is 121 Å². The Labute approximate surface area is 428 Å². The van der Waals surface area contributed by atoms with Crippen LogP contribution in [0.4, 0.5) is 0 Å². The van der Waals surface area contributed by atoms with Gasteiger partial charge in [-0.15, -0.1) is 0 Å². The Morgan fingerprint density at radius 2 is 0.486 bits per heavy atom. The average Bonchev–Trinajstić information content (AvgIpc) is 3.97. The Hall–Kier alpha value is -8.48. The van der Waals surface area contributed by atoms with Gasteiger partial charge in [-0.2, -0.15) is 0 Å². The second-order valence-corrected chi connectivity index (χ2v) is 22.2. The summed E-state index contributed by atoms with van der Waals surface area (Å²) in [7, 11) is 0. The van der Waals surface area contributed by atoms with Crippen molar-refractivity contribution in [2.75, 3.05) is 0 Å². The molecule has 14 rings (SSSR count). The lowest BCUT2D eigenvalue weighted by Crippen LogP contribution is -2.16. The number of aromatic nitrogens is 4. The van der Waals surface area contributed by atoms with E-state index in [-0.39, 0.29) is 10.9 Å². The van der Waals surface area contributed by atoms with Gasteiger partial charge < -0.3 is 18.1 Å². The maximum atomic E-state index is 15.9. The summed E-state index contributed by atoms with van der Waals surface area (Å²) in [6.07, 6.45) is 0. The molecular formula is C68H56N4O2. The van der Waals surface area contributed by atoms with E-state index in [2.05, 4.69) is 223 Å². The minimum absolute atomic E-state index is 0.104. The van der Waals surface area contributed by atoms with Crippen LogP contribution in [-0.4, -0.2) is 18.1 Å². The average molecular weight is 961 g/mol. The molecule has 0 N–H and O–H groups in total. The Bertz CT molecular complexity index is 4630. The van der Waals surface area contributed by atoms with Gasteiger partial charge in [0.2, 0.25) is 0 Å². The fourth-order valence-corrected chi connectivity index (χ4v) is 14.0. The molecule has 0 saturated carbocycles. The van der Waals surface area contributed by atoms with Gasteiger partial charge in [-0.25, -0.2) is 0 Å². The first-order valence-corrected chi connectivity index (χ1v) is 25.9. The van der Waals surface area contributed by atoms with Crippen molar-refractivity contribution in [3.63, 3.8) is 0 Å². The summed E-state index contributed by atoms with van der Waals surface area (Å²) in [4.78, 5) is 31.8. The molecule has 360 valence electrons. The van der Waals surface area contributed by atoms with E-state index >= 15 is 9.59 Å². The maximum absolute atomic E-state index is 15.9. The number of pyridine rings is 2. The van der Waals surface area contributed by atoms with E-state index < -0.39 is 0 Å². The molecule has 0 atom stereocenters. The molecule has 0 unspecified atom stereocenters. The lowest BCUT2D eigenvalue weighted by Gasteiger charge is -2.19. The van der Waals surface area contributed by atoms with Gasteiger partial charge >= 0.3 is 0 Å². The number of benzene rings is 9. The van der Waals surface area contributed by atoms with Crippen LogP contribution in [0.3, 0.4) is 0 Å². The molecule has 0 aliphatic carbocycles. The highest BCUT2D eigenvalue weighted by atomic mass is 16.1. The minimum atomic E-state index is -0.104. The third-order valence-corrected chi connectivity index (χ3v) is 16.4. The normalized spacial score (nSPS) is 12.4. The van der Waals surface area contributed by atoms with Gasteiger partial charge in [-0.3, -0.25) is 9.59 Å². The SMILES string of the molecule is Cc1cc(C)c2c(c1)c1cc(C)cc(C)c1n2-c1ccc2c(c1)c(=O)c1cc(-n3c4c(C)cc(C)cc4c4cc(C)cc(C)c43)cc3c(=O)c4cc(-n5c6c(C)cc(C)cc6c6cc(C)cc(C)c65)ccc4n2c13. The van der Waals surface area contributed by atoms with Crippen LogP contribution in [0, 0.1) is 83.1 Å². The molecule has 0 aliphatic heterocycles. The Morgan fingerprint density at radius 3 is 0.757 bits per heavy atom. The predicted molar refractivity (Wildman–Crippen MR) is 314 cm³/mol. The van der Waals surface area contributed by atoms with Crippen LogP contribution in [-0.2, 0) is 0 Å². The van der Waals surface area contributed by atoms with E-state index in [1.54, 1.807) is 0 Å². The largest absolute Gasteiger partial charge is 0.309 e. The fourth-order valence-electron chi connectivity index (χ4n) is 14.0. The lowest BCUT2D eigenvalue weighted by molar-refractivity contribution is 1.15. The van der Waals surface area contributed by atoms with Gasteiger partial charge in [0.05, 0.1) is 49.7 Å². The van der Waals surface area contributed by atoms with E-state index in [0.29, 0.717) is 27.1 Å². The predicted octanol–water partition coefficient (Wildman–Crippen LogP) is 16.5. The molecule has 6 nitrogen and oxygen atoms in total. The number of rotatable bonds is 3. The van der Waals surface area contributed by atoms with Crippen molar-refractivity contribution in [2.24, 2.45) is 0 Å². The Morgan fingerprint density at radius 1 is 0.243 bits per heavy atom. The summed E-state index contributed by atoms with van der Waals surface area (Å²) in [5.74, 6) is 0. The molecule has 5 aromatic heterocycles. The highest BCUT2D eigenvalue weighted by molar-refractivity contribution is 6.16. The Balaban J connectivity index is 1.16. The molecule has 9 aromatic carbocycles. The molecule has 0 fully saturated rings. The number of hydrogen-bond donors (Lipinski definition) is 0. The van der Waals surface area contributed by atoms with Crippen molar-refractivity contribution in [3.8, 4) is 17.1 Å². The molecule has 0 radical (unpaired) electrons. The van der Waals surface area contributed by atoms with Gasteiger partial charge in [0.1, 0.15) is 0 Å². The molecule has 0 bridgehead atoms.